The number of halogens is 2. The number of nitrogens with zero attached hydrogens (tertiary/aromatic N) is 5. The van der Waals surface area contributed by atoms with Crippen molar-refractivity contribution >= 4 is 17.9 Å². The summed E-state index contributed by atoms with van der Waals surface area (Å²) in [7, 11) is 1.98. The van der Waals surface area contributed by atoms with Gasteiger partial charge in [-0.3, -0.25) is 11.2 Å². The van der Waals surface area contributed by atoms with E-state index in [0.29, 0.717) is 22.4 Å². The molecule has 1 aliphatic heterocycles. The Hall–Kier alpha value is -2.57. The number of aromatic nitrogens is 4. The van der Waals surface area contributed by atoms with Gasteiger partial charge in [-0.25, -0.2) is 9.37 Å². The molecule has 0 saturated carbocycles. The van der Waals surface area contributed by atoms with Gasteiger partial charge >= 0.3 is 0 Å². The Morgan fingerprint density at radius 1 is 1.17 bits per heavy atom. The maximum atomic E-state index is 13.9. The quantitative estimate of drug-likeness (QED) is 0.151. The second-order valence-electron chi connectivity index (χ2n) is 12.1. The smallest absolute Gasteiger partial charge is 0.213 e. The number of benzene rings is 1. The molecular formula is C37H48ClFN5O2U-. The summed E-state index contributed by atoms with van der Waals surface area (Å²) in [6.07, 6.45) is 14.2. The van der Waals surface area contributed by atoms with E-state index in [1.807, 2.05) is 43.0 Å². The summed E-state index contributed by atoms with van der Waals surface area (Å²) in [6.45, 7) is 15.5. The van der Waals surface area contributed by atoms with Crippen molar-refractivity contribution in [3.63, 3.8) is 0 Å². The van der Waals surface area contributed by atoms with Gasteiger partial charge in [-0.2, -0.15) is 0 Å². The first-order valence-corrected chi connectivity index (χ1v) is 16.4. The molecule has 47 heavy (non-hydrogen) atoms. The van der Waals surface area contributed by atoms with Crippen molar-refractivity contribution in [1.82, 2.24) is 24.6 Å². The average Bonchev–Trinajstić information content (AvgIpc) is 3.46. The van der Waals surface area contributed by atoms with Gasteiger partial charge in [0, 0.05) is 79.4 Å². The number of rotatable bonds is 10. The molecule has 1 fully saturated rings. The molecule has 10 heteroatoms. The van der Waals surface area contributed by atoms with Crippen LogP contribution in [0.15, 0.2) is 78.2 Å². The Balaban J connectivity index is 0.000000300. The van der Waals surface area contributed by atoms with Crippen molar-refractivity contribution < 1.29 is 45.0 Å². The monoisotopic (exact) mass is 886 g/mol. The third kappa shape index (κ3) is 14.2. The van der Waals surface area contributed by atoms with E-state index in [4.69, 9.17) is 16.3 Å². The Kier molecular flexibility index (Phi) is 18.5. The van der Waals surface area contributed by atoms with Gasteiger partial charge in [-0.1, -0.05) is 72.9 Å². The predicted molar refractivity (Wildman–Crippen MR) is 184 cm³/mol. The zero-order valence-corrected chi connectivity index (χ0v) is 33.4. The molecule has 5 rings (SSSR count). The summed E-state index contributed by atoms with van der Waals surface area (Å²) in [5.74, 6) is 1.69. The fraction of sp³-hybridized carbons (Fsp3) is 0.459. The summed E-state index contributed by atoms with van der Waals surface area (Å²) in [4.78, 5) is 17.3. The van der Waals surface area contributed by atoms with Crippen LogP contribution in [0.3, 0.4) is 0 Å². The third-order valence-electron chi connectivity index (χ3n) is 8.10. The summed E-state index contributed by atoms with van der Waals surface area (Å²) < 4.78 is 21.5. The largest absolute Gasteiger partial charge is 0.541 e. The number of allylic oxidation sites excluding steroid dienone is 4. The Morgan fingerprint density at radius 2 is 1.91 bits per heavy atom. The number of ether oxygens (including phenoxy) is 1. The first-order chi connectivity index (χ1) is 22.1. The topological polar surface area (TPSA) is 73.1 Å². The molecule has 2 aromatic heterocycles. The molecular weight excluding hydrogens is 839 g/mol. The van der Waals surface area contributed by atoms with Crippen molar-refractivity contribution in [3.05, 3.63) is 106 Å². The molecule has 2 aliphatic rings. The van der Waals surface area contributed by atoms with Crippen molar-refractivity contribution in [2.75, 3.05) is 19.6 Å². The van der Waals surface area contributed by atoms with Crippen LogP contribution in [0.5, 0.6) is 5.88 Å². The van der Waals surface area contributed by atoms with E-state index in [1.54, 1.807) is 18.5 Å². The molecule has 0 bridgehead atoms. The van der Waals surface area contributed by atoms with Gasteiger partial charge < -0.3 is 14.1 Å². The minimum atomic E-state index is -0.362. The molecule has 1 aromatic carbocycles. The maximum Gasteiger partial charge on any atom is 0.213 e. The van der Waals surface area contributed by atoms with E-state index < -0.39 is 0 Å². The molecule has 7 nitrogen and oxygen atoms in total. The van der Waals surface area contributed by atoms with E-state index in [0.717, 1.165) is 56.8 Å². The minimum absolute atomic E-state index is 0. The van der Waals surface area contributed by atoms with Gasteiger partial charge in [0.2, 0.25) is 5.88 Å². The second kappa shape index (κ2) is 21.4. The van der Waals surface area contributed by atoms with Gasteiger partial charge in [0.05, 0.1) is 0 Å². The maximum absolute atomic E-state index is 13.9. The number of unbranched alkanes of at least 4 members (excludes halogenated alkanes) is 1. The van der Waals surface area contributed by atoms with Gasteiger partial charge in [0.1, 0.15) is 24.6 Å². The fourth-order valence-corrected chi connectivity index (χ4v) is 5.37. The molecule has 1 atom stereocenters. The standard InChI is InChI=1S/C21H24ClFN2O.C9H11O.C7H13N3.U/c1-15(2)13-25-10-8-16(9-11-25)20-4-3-5-21(24-20)26-14-17-6-7-18(22)12-19(17)23;1-7-3-4-9(6-10)5-8(7)2;1-3-4-5-7-9-8-6-10(7)2;/h3-7,12,16H,1,8-11,13-14H2,2H3;3,5,9H,4H2,1-2H3;6H,3-5H2,1-2H3;/q;-1;;. The number of pyridine rings is 1. The van der Waals surface area contributed by atoms with Crippen molar-refractivity contribution in [3.8, 4) is 5.88 Å². The summed E-state index contributed by atoms with van der Waals surface area (Å²) in [6, 6.07) is 10.4. The third-order valence-corrected chi connectivity index (χ3v) is 8.33. The van der Waals surface area contributed by atoms with Crippen molar-refractivity contribution in [1.29, 1.82) is 0 Å². The molecule has 0 spiro atoms. The zero-order valence-electron chi connectivity index (χ0n) is 28.4. The van der Waals surface area contributed by atoms with Crippen LogP contribution >= 0.6 is 11.6 Å². The number of aryl methyl sites for hydroxylation is 2. The van der Waals surface area contributed by atoms with E-state index in [2.05, 4.69) is 59.6 Å². The second-order valence-corrected chi connectivity index (χ2v) is 12.5. The van der Waals surface area contributed by atoms with Crippen LogP contribution in [-0.2, 0) is 24.9 Å². The molecule has 1 saturated heterocycles. The summed E-state index contributed by atoms with van der Waals surface area (Å²) in [5, 5.41) is 8.13. The van der Waals surface area contributed by atoms with E-state index >= 15 is 0 Å². The molecule has 3 heterocycles. The molecule has 0 N–H and O–H groups in total. The fourth-order valence-electron chi connectivity index (χ4n) is 5.21. The van der Waals surface area contributed by atoms with Crippen LogP contribution in [0.2, 0.25) is 5.02 Å². The minimum Gasteiger partial charge on any atom is -0.541 e. The SMILES string of the molecule is C=C(C)CN1CCC(c2cccc(OCc3ccc(Cl)cc3F)n2)CC1.CC1=CCC([C-]=O)C=C1C.CCCCc1nncn1C.[U]. The van der Waals surface area contributed by atoms with Gasteiger partial charge in [-0.15, -0.1) is 22.2 Å². The first kappa shape index (κ1) is 40.6. The molecule has 1 unspecified atom stereocenters. The van der Waals surface area contributed by atoms with Gasteiger partial charge in [-0.05, 0) is 71.3 Å². The molecule has 1 aliphatic carbocycles. The van der Waals surface area contributed by atoms with E-state index in [1.165, 1.54) is 35.6 Å². The van der Waals surface area contributed by atoms with Crippen LogP contribution in [0.25, 0.3) is 0 Å². The Labute approximate surface area is 309 Å². The summed E-state index contributed by atoms with van der Waals surface area (Å²) in [5.41, 5.74) is 5.21. The van der Waals surface area contributed by atoms with Crippen LogP contribution < -0.4 is 4.74 Å². The normalized spacial score (nSPS) is 16.3. The van der Waals surface area contributed by atoms with Crippen molar-refractivity contribution in [2.45, 2.75) is 78.7 Å². The van der Waals surface area contributed by atoms with Crippen LogP contribution in [0.1, 0.15) is 82.8 Å². The number of hydrogen-bond donors (Lipinski definition) is 0. The molecule has 0 amide bonds. The molecule has 3 aromatic rings. The van der Waals surface area contributed by atoms with E-state index in [9.17, 15) is 9.18 Å². The van der Waals surface area contributed by atoms with Crippen LogP contribution in [0, 0.1) is 42.8 Å². The Morgan fingerprint density at radius 3 is 2.51 bits per heavy atom. The number of piperidine rings is 1. The summed E-state index contributed by atoms with van der Waals surface area (Å²) >= 11 is 5.78. The molecule has 0 radical (unpaired) electrons. The number of hydrogen-bond acceptors (Lipinski definition) is 6. The van der Waals surface area contributed by atoms with Gasteiger partial charge in [0.15, 0.2) is 0 Å². The van der Waals surface area contributed by atoms with Gasteiger partial charge in [0.25, 0.3) is 0 Å². The average molecular weight is 887 g/mol. The van der Waals surface area contributed by atoms with Crippen LogP contribution in [0.4, 0.5) is 4.39 Å². The Bertz CT molecular complexity index is 1480. The van der Waals surface area contributed by atoms with Crippen molar-refractivity contribution in [2.24, 2.45) is 13.0 Å². The first-order valence-electron chi connectivity index (χ1n) is 16.1. The van der Waals surface area contributed by atoms with E-state index in [-0.39, 0.29) is 49.5 Å². The molecule has 252 valence electrons. The van der Waals surface area contributed by atoms with Crippen LogP contribution in [-0.4, -0.2) is 50.6 Å². The number of likely N-dealkylation sites (tertiary alicyclic amines) is 1. The zero-order chi connectivity index (χ0) is 33.5. The predicted octanol–water partition coefficient (Wildman–Crippen LogP) is 8.37. The number of carbonyl (C=O) groups excluding carboxylic acids is 1.